The summed E-state index contributed by atoms with van der Waals surface area (Å²) in [5.74, 6) is 0.404. The Morgan fingerprint density at radius 1 is 0.941 bits per heavy atom. The number of anilines is 1. The Hall–Kier alpha value is -3.91. The smallest absolute Gasteiger partial charge is 0.263 e. The summed E-state index contributed by atoms with van der Waals surface area (Å²) in [5, 5.41) is 9.49. The van der Waals surface area contributed by atoms with E-state index in [1.54, 1.807) is 16.5 Å². The minimum absolute atomic E-state index is 0.0464. The zero-order valence-electron chi connectivity index (χ0n) is 18.8. The van der Waals surface area contributed by atoms with Gasteiger partial charge in [-0.15, -0.1) is 10.2 Å². The Bertz CT molecular complexity index is 1530. The molecule has 2 aromatic heterocycles. The van der Waals surface area contributed by atoms with Crippen LogP contribution in [0.15, 0.2) is 94.9 Å². The van der Waals surface area contributed by atoms with Crippen LogP contribution in [-0.4, -0.2) is 37.4 Å². The van der Waals surface area contributed by atoms with E-state index in [0.717, 1.165) is 16.8 Å². The summed E-state index contributed by atoms with van der Waals surface area (Å²) in [5.41, 5.74) is 2.42. The molecule has 3 aromatic carbocycles. The van der Waals surface area contributed by atoms with Crippen LogP contribution in [0.4, 0.5) is 5.69 Å². The lowest BCUT2D eigenvalue weighted by molar-refractivity contribution is -0.117. The highest BCUT2D eigenvalue weighted by atomic mass is 32.2. The number of benzene rings is 3. The van der Waals surface area contributed by atoms with Crippen LogP contribution in [0.1, 0.15) is 12.5 Å². The van der Waals surface area contributed by atoms with Crippen molar-refractivity contribution in [2.75, 3.05) is 11.9 Å². The van der Waals surface area contributed by atoms with E-state index in [-0.39, 0.29) is 11.5 Å². The van der Waals surface area contributed by atoms with Gasteiger partial charge >= 0.3 is 0 Å². The summed E-state index contributed by atoms with van der Waals surface area (Å²) in [6.07, 6.45) is 0. The molecule has 0 aliphatic rings. The first-order chi connectivity index (χ1) is 16.5. The number of fused-ring (bicyclic) bond motifs is 3. The molecule has 0 fully saturated rings. The third-order valence-electron chi connectivity index (χ3n) is 5.77. The van der Waals surface area contributed by atoms with E-state index >= 15 is 0 Å². The van der Waals surface area contributed by atoms with Crippen LogP contribution in [0.5, 0.6) is 0 Å². The van der Waals surface area contributed by atoms with Gasteiger partial charge in [0.05, 0.1) is 22.7 Å². The number of amides is 1. The lowest BCUT2D eigenvalue weighted by Crippen LogP contribution is -2.33. The normalized spacial score (nSPS) is 12.2. The van der Waals surface area contributed by atoms with Crippen LogP contribution in [0.3, 0.4) is 0 Å². The number of para-hydroxylation sites is 2. The SMILES string of the molecule is CC(Sc1nnc2n(Cc3ccccc3)c(=O)c3ccccc3n12)C(=O)N(C)c1ccccc1. The molecule has 5 rings (SSSR count). The Morgan fingerprint density at radius 3 is 2.32 bits per heavy atom. The van der Waals surface area contributed by atoms with Gasteiger partial charge in [-0.3, -0.25) is 18.6 Å². The number of hydrogen-bond acceptors (Lipinski definition) is 5. The van der Waals surface area contributed by atoms with Crippen LogP contribution in [-0.2, 0) is 11.3 Å². The molecule has 0 aliphatic carbocycles. The number of carbonyl (C=O) groups excluding carboxylic acids is 1. The average molecular weight is 470 g/mol. The molecule has 5 aromatic rings. The van der Waals surface area contributed by atoms with Gasteiger partial charge in [-0.2, -0.15) is 0 Å². The zero-order valence-corrected chi connectivity index (χ0v) is 19.6. The molecule has 8 heteroatoms. The first-order valence-electron chi connectivity index (χ1n) is 10.9. The van der Waals surface area contributed by atoms with E-state index in [2.05, 4.69) is 10.2 Å². The molecule has 34 heavy (non-hydrogen) atoms. The van der Waals surface area contributed by atoms with E-state index in [1.165, 1.54) is 11.8 Å². The van der Waals surface area contributed by atoms with Crippen LogP contribution in [0, 0.1) is 0 Å². The minimum atomic E-state index is -0.411. The fourth-order valence-electron chi connectivity index (χ4n) is 3.98. The molecule has 0 aliphatic heterocycles. The molecule has 1 amide bonds. The van der Waals surface area contributed by atoms with Crippen LogP contribution in [0.25, 0.3) is 16.7 Å². The van der Waals surface area contributed by atoms with Crippen LogP contribution < -0.4 is 10.5 Å². The number of nitrogens with zero attached hydrogens (tertiary/aromatic N) is 5. The van der Waals surface area contributed by atoms with Crippen molar-refractivity contribution in [1.29, 1.82) is 0 Å². The van der Waals surface area contributed by atoms with Gasteiger partial charge in [0.25, 0.3) is 5.56 Å². The average Bonchev–Trinajstić information content (AvgIpc) is 3.30. The van der Waals surface area contributed by atoms with Gasteiger partial charge in [-0.25, -0.2) is 0 Å². The Morgan fingerprint density at radius 2 is 1.59 bits per heavy atom. The molecular weight excluding hydrogens is 446 g/mol. The Kier molecular flexibility index (Phi) is 5.90. The molecule has 0 bridgehead atoms. The van der Waals surface area contributed by atoms with E-state index < -0.39 is 5.25 Å². The zero-order chi connectivity index (χ0) is 23.7. The van der Waals surface area contributed by atoms with Gasteiger partial charge in [0.2, 0.25) is 11.7 Å². The van der Waals surface area contributed by atoms with Gasteiger partial charge in [-0.1, -0.05) is 72.4 Å². The number of hydrogen-bond donors (Lipinski definition) is 0. The minimum Gasteiger partial charge on any atom is -0.315 e. The molecule has 1 atom stereocenters. The lowest BCUT2D eigenvalue weighted by Gasteiger charge is -2.21. The topological polar surface area (TPSA) is 72.5 Å². The van der Waals surface area contributed by atoms with Gasteiger partial charge in [-0.05, 0) is 36.8 Å². The first-order valence-corrected chi connectivity index (χ1v) is 11.8. The Balaban J connectivity index is 1.56. The van der Waals surface area contributed by atoms with E-state index in [1.807, 2.05) is 96.3 Å². The maximum absolute atomic E-state index is 13.3. The molecule has 170 valence electrons. The molecule has 1 unspecified atom stereocenters. The van der Waals surface area contributed by atoms with Crippen molar-refractivity contribution >= 4 is 40.0 Å². The van der Waals surface area contributed by atoms with Crippen molar-refractivity contribution in [3.63, 3.8) is 0 Å². The summed E-state index contributed by atoms with van der Waals surface area (Å²) in [7, 11) is 1.77. The second-order valence-electron chi connectivity index (χ2n) is 8.00. The highest BCUT2D eigenvalue weighted by Gasteiger charge is 2.24. The van der Waals surface area contributed by atoms with Crippen LogP contribution >= 0.6 is 11.8 Å². The molecule has 7 nitrogen and oxygen atoms in total. The summed E-state index contributed by atoms with van der Waals surface area (Å²) in [6, 6.07) is 26.7. The highest BCUT2D eigenvalue weighted by molar-refractivity contribution is 8.00. The summed E-state index contributed by atoms with van der Waals surface area (Å²) in [4.78, 5) is 28.1. The van der Waals surface area contributed by atoms with Crippen molar-refractivity contribution in [3.05, 3.63) is 101 Å². The molecule has 0 N–H and O–H groups in total. The van der Waals surface area contributed by atoms with Crippen LogP contribution in [0.2, 0.25) is 0 Å². The van der Waals surface area contributed by atoms with Crippen molar-refractivity contribution < 1.29 is 4.79 Å². The van der Waals surface area contributed by atoms with Crippen molar-refractivity contribution in [1.82, 2.24) is 19.2 Å². The fraction of sp³-hybridized carbons (Fsp3) is 0.154. The largest absolute Gasteiger partial charge is 0.315 e. The fourth-order valence-corrected chi connectivity index (χ4v) is 4.93. The monoisotopic (exact) mass is 469 g/mol. The number of rotatable bonds is 6. The van der Waals surface area contributed by atoms with E-state index in [9.17, 15) is 9.59 Å². The quantitative estimate of drug-likeness (QED) is 0.348. The standard InChI is InChI=1S/C26H23N5O2S/c1-18(23(32)29(2)20-13-7-4-8-14-20)34-26-28-27-25-30(17-19-11-5-3-6-12-19)24(33)21-15-9-10-16-22(21)31(25)26/h3-16,18H,17H2,1-2H3. The number of aromatic nitrogens is 4. The van der Waals surface area contributed by atoms with E-state index in [0.29, 0.717) is 22.9 Å². The summed E-state index contributed by atoms with van der Waals surface area (Å²) >= 11 is 1.33. The predicted molar refractivity (Wildman–Crippen MR) is 135 cm³/mol. The van der Waals surface area contributed by atoms with Crippen molar-refractivity contribution in [2.45, 2.75) is 23.9 Å². The Labute approximate surface area is 200 Å². The van der Waals surface area contributed by atoms with Crippen molar-refractivity contribution in [3.8, 4) is 0 Å². The molecule has 0 saturated heterocycles. The predicted octanol–water partition coefficient (Wildman–Crippen LogP) is 4.24. The van der Waals surface area contributed by atoms with E-state index in [4.69, 9.17) is 0 Å². The first kappa shape index (κ1) is 21.9. The second kappa shape index (κ2) is 9.15. The third-order valence-corrected chi connectivity index (χ3v) is 6.80. The lowest BCUT2D eigenvalue weighted by atomic mass is 10.2. The summed E-state index contributed by atoms with van der Waals surface area (Å²) < 4.78 is 3.51. The molecule has 0 radical (unpaired) electrons. The van der Waals surface area contributed by atoms with Crippen molar-refractivity contribution in [2.24, 2.45) is 0 Å². The molecular formula is C26H23N5O2S. The number of carbonyl (C=O) groups is 1. The van der Waals surface area contributed by atoms with Gasteiger partial charge in [0.1, 0.15) is 0 Å². The molecule has 0 spiro atoms. The maximum Gasteiger partial charge on any atom is 0.263 e. The summed E-state index contributed by atoms with van der Waals surface area (Å²) in [6.45, 7) is 2.23. The molecule has 2 heterocycles. The number of thioether (sulfide) groups is 1. The van der Waals surface area contributed by atoms with Gasteiger partial charge in [0.15, 0.2) is 5.16 Å². The third kappa shape index (κ3) is 3.97. The highest BCUT2D eigenvalue weighted by Crippen LogP contribution is 2.27. The van der Waals surface area contributed by atoms with Gasteiger partial charge in [0, 0.05) is 12.7 Å². The van der Waals surface area contributed by atoms with Gasteiger partial charge < -0.3 is 4.90 Å². The maximum atomic E-state index is 13.3. The second-order valence-corrected chi connectivity index (χ2v) is 9.31. The molecule has 0 saturated carbocycles.